The van der Waals surface area contributed by atoms with Crippen LogP contribution >= 0.6 is 0 Å². The largest absolute Gasteiger partial charge is 0.497 e. The molecule has 0 saturated carbocycles. The van der Waals surface area contributed by atoms with Gasteiger partial charge in [-0.05, 0) is 43.7 Å². The van der Waals surface area contributed by atoms with Crippen molar-refractivity contribution in [2.75, 3.05) is 20.3 Å². The number of ether oxygens (including phenoxy) is 2. The van der Waals surface area contributed by atoms with Gasteiger partial charge in [0.1, 0.15) is 16.4 Å². The number of para-hydroxylation sites is 1. The molecule has 2 N–H and O–H groups in total. The van der Waals surface area contributed by atoms with Crippen molar-refractivity contribution < 1.29 is 23.0 Å². The average molecular weight is 379 g/mol. The van der Waals surface area contributed by atoms with Crippen LogP contribution in [0.4, 0.5) is 0 Å². The molecule has 2 rings (SSSR count). The summed E-state index contributed by atoms with van der Waals surface area (Å²) in [6, 6.07) is 13.7. The van der Waals surface area contributed by atoms with Crippen LogP contribution in [0.25, 0.3) is 0 Å². The van der Waals surface area contributed by atoms with Crippen LogP contribution in [0.2, 0.25) is 0 Å². The summed E-state index contributed by atoms with van der Waals surface area (Å²) in [5.41, 5.74) is -0.368. The van der Waals surface area contributed by atoms with Crippen LogP contribution < -0.4 is 14.2 Å². The van der Waals surface area contributed by atoms with Crippen molar-refractivity contribution in [3.05, 3.63) is 54.1 Å². The Morgan fingerprint density at radius 3 is 2.38 bits per heavy atom. The third-order valence-corrected chi connectivity index (χ3v) is 5.27. The summed E-state index contributed by atoms with van der Waals surface area (Å²) in [6.45, 7) is 3.62. The molecule has 2 aromatic carbocycles. The Morgan fingerprint density at radius 2 is 1.77 bits per heavy atom. The summed E-state index contributed by atoms with van der Waals surface area (Å²) in [7, 11) is -2.22. The third kappa shape index (κ3) is 5.45. The Morgan fingerprint density at radius 1 is 1.12 bits per heavy atom. The molecule has 142 valence electrons. The summed E-state index contributed by atoms with van der Waals surface area (Å²) >= 11 is 0. The van der Waals surface area contributed by atoms with E-state index in [1.807, 2.05) is 12.1 Å². The maximum Gasteiger partial charge on any atom is 0.244 e. The molecule has 2 aromatic rings. The predicted molar refractivity (Wildman–Crippen MR) is 100 cm³/mol. The number of hydrogen-bond donors (Lipinski definition) is 2. The third-order valence-electron chi connectivity index (χ3n) is 3.83. The highest BCUT2D eigenvalue weighted by Gasteiger charge is 2.26. The van der Waals surface area contributed by atoms with E-state index in [1.54, 1.807) is 51.3 Å². The predicted octanol–water partition coefficient (Wildman–Crippen LogP) is 2.37. The lowest BCUT2D eigenvalue weighted by Crippen LogP contribution is -2.42. The van der Waals surface area contributed by atoms with Crippen molar-refractivity contribution in [1.82, 2.24) is 4.72 Å². The summed E-state index contributed by atoms with van der Waals surface area (Å²) < 4.78 is 38.1. The first-order valence-corrected chi connectivity index (χ1v) is 9.82. The molecule has 0 aromatic heterocycles. The van der Waals surface area contributed by atoms with Gasteiger partial charge in [-0.1, -0.05) is 24.3 Å². The van der Waals surface area contributed by atoms with Crippen molar-refractivity contribution in [2.24, 2.45) is 0 Å². The van der Waals surface area contributed by atoms with Gasteiger partial charge >= 0.3 is 0 Å². The smallest absolute Gasteiger partial charge is 0.244 e. The Balaban J connectivity index is 2.07. The molecule has 0 aliphatic carbocycles. The monoisotopic (exact) mass is 379 g/mol. The molecule has 0 radical (unpaired) electrons. The van der Waals surface area contributed by atoms with Gasteiger partial charge in [0.2, 0.25) is 10.0 Å². The number of benzene rings is 2. The van der Waals surface area contributed by atoms with E-state index in [1.165, 1.54) is 6.07 Å². The van der Waals surface area contributed by atoms with E-state index in [4.69, 9.17) is 9.47 Å². The highest BCUT2D eigenvalue weighted by Crippen LogP contribution is 2.24. The first kappa shape index (κ1) is 20.2. The quantitative estimate of drug-likeness (QED) is 0.699. The lowest BCUT2D eigenvalue weighted by Gasteiger charge is -2.24. The molecule has 0 bridgehead atoms. The van der Waals surface area contributed by atoms with Crippen molar-refractivity contribution in [2.45, 2.75) is 30.8 Å². The fraction of sp³-hybridized carbons (Fsp3) is 0.368. The average Bonchev–Trinajstić information content (AvgIpc) is 2.61. The zero-order valence-electron chi connectivity index (χ0n) is 15.2. The number of sulfonamides is 1. The fourth-order valence-electron chi connectivity index (χ4n) is 2.52. The minimum Gasteiger partial charge on any atom is -0.497 e. The van der Waals surface area contributed by atoms with Crippen LogP contribution in [0.3, 0.4) is 0 Å². The zero-order valence-corrected chi connectivity index (χ0v) is 16.0. The molecule has 1 unspecified atom stereocenters. The van der Waals surface area contributed by atoms with Crippen LogP contribution in [0.15, 0.2) is 53.4 Å². The molecule has 1 atom stereocenters. The molecular weight excluding hydrogens is 354 g/mol. The first-order valence-electron chi connectivity index (χ1n) is 8.34. The van der Waals surface area contributed by atoms with E-state index in [2.05, 4.69) is 4.72 Å². The van der Waals surface area contributed by atoms with Crippen LogP contribution in [0.5, 0.6) is 11.5 Å². The molecule has 0 spiro atoms. The van der Waals surface area contributed by atoms with Gasteiger partial charge in [0.15, 0.2) is 0 Å². The molecular formula is C19H25NO5S. The Hall–Kier alpha value is -2.09. The van der Waals surface area contributed by atoms with Gasteiger partial charge in [-0.15, -0.1) is 0 Å². The van der Waals surface area contributed by atoms with Crippen molar-refractivity contribution in [1.29, 1.82) is 0 Å². The van der Waals surface area contributed by atoms with Gasteiger partial charge < -0.3 is 14.6 Å². The minimum atomic E-state index is -3.80. The minimum absolute atomic E-state index is 0.0575. The standard InChI is InChI=1S/C19H25NO5S/c1-4-25-17-7-5-6-8-18(17)26(22,23)20-14-19(2,21)13-15-9-11-16(24-3)12-10-15/h5-12,20-21H,4,13-14H2,1-3H3. The lowest BCUT2D eigenvalue weighted by molar-refractivity contribution is 0.0656. The highest BCUT2D eigenvalue weighted by atomic mass is 32.2. The van der Waals surface area contributed by atoms with Gasteiger partial charge in [-0.2, -0.15) is 0 Å². The molecule has 0 amide bonds. The molecule has 0 heterocycles. The van der Waals surface area contributed by atoms with Gasteiger partial charge in [0.05, 0.1) is 19.3 Å². The highest BCUT2D eigenvalue weighted by molar-refractivity contribution is 7.89. The summed E-state index contributed by atoms with van der Waals surface area (Å²) in [6.07, 6.45) is 0.298. The van der Waals surface area contributed by atoms with Crippen LogP contribution in [0, 0.1) is 0 Å². The maximum atomic E-state index is 12.6. The molecule has 0 saturated heterocycles. The number of methoxy groups -OCH3 is 1. The van der Waals surface area contributed by atoms with E-state index in [9.17, 15) is 13.5 Å². The van der Waals surface area contributed by atoms with Crippen LogP contribution in [0.1, 0.15) is 19.4 Å². The number of aliphatic hydroxyl groups is 1. The van der Waals surface area contributed by atoms with E-state index in [-0.39, 0.29) is 17.2 Å². The number of nitrogens with one attached hydrogen (secondary N) is 1. The van der Waals surface area contributed by atoms with Crippen molar-refractivity contribution >= 4 is 10.0 Å². The molecule has 0 fully saturated rings. The molecule has 0 aliphatic rings. The molecule has 26 heavy (non-hydrogen) atoms. The van der Waals surface area contributed by atoms with E-state index in [0.717, 1.165) is 11.3 Å². The van der Waals surface area contributed by atoms with Gasteiger partial charge in [-0.25, -0.2) is 13.1 Å². The Labute approximate surface area is 154 Å². The topological polar surface area (TPSA) is 84.9 Å². The second kappa shape index (κ2) is 8.53. The second-order valence-corrected chi connectivity index (χ2v) is 7.96. The lowest BCUT2D eigenvalue weighted by atomic mass is 9.97. The molecule has 0 aliphatic heterocycles. The summed E-state index contributed by atoms with van der Waals surface area (Å²) in [4.78, 5) is 0.0575. The maximum absolute atomic E-state index is 12.6. The van der Waals surface area contributed by atoms with E-state index in [0.29, 0.717) is 13.0 Å². The van der Waals surface area contributed by atoms with Crippen LogP contribution in [-0.4, -0.2) is 39.4 Å². The normalized spacial score (nSPS) is 13.8. The SMILES string of the molecule is CCOc1ccccc1S(=O)(=O)NCC(C)(O)Cc1ccc(OC)cc1. The number of rotatable bonds is 9. The second-order valence-electron chi connectivity index (χ2n) is 6.23. The van der Waals surface area contributed by atoms with Crippen molar-refractivity contribution in [3.8, 4) is 11.5 Å². The van der Waals surface area contributed by atoms with Crippen molar-refractivity contribution in [3.63, 3.8) is 0 Å². The van der Waals surface area contributed by atoms with Crippen LogP contribution in [-0.2, 0) is 16.4 Å². The Bertz CT molecular complexity index is 816. The van der Waals surface area contributed by atoms with E-state index >= 15 is 0 Å². The van der Waals surface area contributed by atoms with E-state index < -0.39 is 15.6 Å². The summed E-state index contributed by atoms with van der Waals surface area (Å²) in [5.74, 6) is 1.01. The molecule has 7 heteroatoms. The van der Waals surface area contributed by atoms with Gasteiger partial charge in [-0.3, -0.25) is 0 Å². The summed E-state index contributed by atoms with van der Waals surface area (Å²) in [5, 5.41) is 10.6. The number of hydrogen-bond acceptors (Lipinski definition) is 5. The Kier molecular flexibility index (Phi) is 6.63. The van der Waals surface area contributed by atoms with Gasteiger partial charge in [0, 0.05) is 13.0 Å². The zero-order chi connectivity index (χ0) is 19.2. The first-order chi connectivity index (χ1) is 12.3. The molecule has 6 nitrogen and oxygen atoms in total. The fourth-order valence-corrected chi connectivity index (χ4v) is 3.83. The van der Waals surface area contributed by atoms with Gasteiger partial charge in [0.25, 0.3) is 0 Å².